The molecular weight excluding hydrogens is 374 g/mol. The summed E-state index contributed by atoms with van der Waals surface area (Å²) in [6.07, 6.45) is -0.689. The number of rotatable bonds is 6. The molecule has 3 rings (SSSR count). The van der Waals surface area contributed by atoms with Crippen molar-refractivity contribution in [3.63, 3.8) is 0 Å². The first kappa shape index (κ1) is 19.8. The molecule has 0 unspecified atom stereocenters. The fourth-order valence-electron chi connectivity index (χ4n) is 2.58. The number of halogens is 1. The summed E-state index contributed by atoms with van der Waals surface area (Å²) in [4.78, 5) is 12.6. The van der Waals surface area contributed by atoms with Gasteiger partial charge in [-0.3, -0.25) is 4.79 Å². The van der Waals surface area contributed by atoms with Gasteiger partial charge >= 0.3 is 0 Å². The zero-order valence-electron chi connectivity index (χ0n) is 16.0. The van der Waals surface area contributed by atoms with Crippen LogP contribution in [-0.4, -0.2) is 12.0 Å². The fourth-order valence-corrected chi connectivity index (χ4v) is 2.76. The summed E-state index contributed by atoms with van der Waals surface area (Å²) in [7, 11) is 0. The molecule has 0 spiro atoms. The monoisotopic (exact) mass is 395 g/mol. The number of carbonyl (C=O) groups excluding carboxylic acids is 1. The average Bonchev–Trinajstić information content (AvgIpc) is 2.67. The van der Waals surface area contributed by atoms with E-state index in [1.807, 2.05) is 62.4 Å². The van der Waals surface area contributed by atoms with E-state index in [-0.39, 0.29) is 5.91 Å². The van der Waals surface area contributed by atoms with Gasteiger partial charge in [0.1, 0.15) is 11.5 Å². The maximum atomic E-state index is 12.6. The van der Waals surface area contributed by atoms with E-state index in [0.29, 0.717) is 28.0 Å². The molecule has 0 heterocycles. The molecule has 3 aromatic rings. The van der Waals surface area contributed by atoms with Gasteiger partial charge in [0.15, 0.2) is 11.9 Å². The maximum Gasteiger partial charge on any atom is 0.265 e. The van der Waals surface area contributed by atoms with Crippen LogP contribution >= 0.6 is 11.6 Å². The topological polar surface area (TPSA) is 47.6 Å². The zero-order chi connectivity index (χ0) is 20.1. The van der Waals surface area contributed by atoms with Crippen molar-refractivity contribution in [3.05, 3.63) is 82.9 Å². The largest absolute Gasteiger partial charge is 0.481 e. The zero-order valence-corrected chi connectivity index (χ0v) is 16.8. The molecule has 144 valence electrons. The first-order chi connectivity index (χ1) is 13.4. The van der Waals surface area contributed by atoms with Gasteiger partial charge in [-0.2, -0.15) is 0 Å². The molecule has 0 aliphatic carbocycles. The van der Waals surface area contributed by atoms with Crippen molar-refractivity contribution >= 4 is 23.2 Å². The van der Waals surface area contributed by atoms with Crippen LogP contribution in [0.5, 0.6) is 17.2 Å². The van der Waals surface area contributed by atoms with E-state index >= 15 is 0 Å². The van der Waals surface area contributed by atoms with E-state index in [2.05, 4.69) is 5.32 Å². The normalized spacial score (nSPS) is 11.6. The lowest BCUT2D eigenvalue weighted by Gasteiger charge is -2.17. The number of aryl methyl sites for hydroxylation is 2. The Kier molecular flexibility index (Phi) is 6.22. The Balaban J connectivity index is 1.73. The van der Waals surface area contributed by atoms with Crippen molar-refractivity contribution in [2.75, 3.05) is 5.32 Å². The number of anilines is 1. The third-order valence-electron chi connectivity index (χ3n) is 4.33. The minimum atomic E-state index is -0.689. The summed E-state index contributed by atoms with van der Waals surface area (Å²) in [5, 5.41) is 3.34. The van der Waals surface area contributed by atoms with Gasteiger partial charge in [0.05, 0.1) is 5.69 Å². The SMILES string of the molecule is Cc1ccc(O[C@H](C)C(=O)Nc2cc(Cl)ccc2Oc2ccccc2)cc1C. The second-order valence-corrected chi connectivity index (χ2v) is 6.99. The van der Waals surface area contributed by atoms with Gasteiger partial charge in [-0.1, -0.05) is 35.9 Å². The van der Waals surface area contributed by atoms with Gasteiger partial charge in [-0.05, 0) is 74.4 Å². The third-order valence-corrected chi connectivity index (χ3v) is 4.57. The molecule has 0 saturated heterocycles. The predicted molar refractivity (Wildman–Crippen MR) is 113 cm³/mol. The lowest BCUT2D eigenvalue weighted by atomic mass is 10.1. The quantitative estimate of drug-likeness (QED) is 0.544. The molecule has 3 aromatic carbocycles. The molecule has 0 radical (unpaired) electrons. The Morgan fingerprint density at radius 2 is 1.68 bits per heavy atom. The minimum Gasteiger partial charge on any atom is -0.481 e. The molecule has 1 amide bonds. The van der Waals surface area contributed by atoms with E-state index in [9.17, 15) is 4.79 Å². The fraction of sp³-hybridized carbons (Fsp3) is 0.174. The third kappa shape index (κ3) is 5.05. The van der Waals surface area contributed by atoms with Crippen molar-refractivity contribution in [2.45, 2.75) is 26.9 Å². The molecule has 0 aliphatic heterocycles. The van der Waals surface area contributed by atoms with Crippen molar-refractivity contribution in [1.82, 2.24) is 0 Å². The molecule has 28 heavy (non-hydrogen) atoms. The first-order valence-corrected chi connectivity index (χ1v) is 9.37. The molecule has 4 nitrogen and oxygen atoms in total. The number of carbonyl (C=O) groups is 1. The summed E-state index contributed by atoms with van der Waals surface area (Å²) in [5.41, 5.74) is 2.77. The lowest BCUT2D eigenvalue weighted by Crippen LogP contribution is -2.30. The summed E-state index contributed by atoms with van der Waals surface area (Å²) in [5.74, 6) is 1.53. The van der Waals surface area contributed by atoms with Crippen LogP contribution in [0.4, 0.5) is 5.69 Å². The van der Waals surface area contributed by atoms with Crippen LogP contribution < -0.4 is 14.8 Å². The van der Waals surface area contributed by atoms with E-state index in [4.69, 9.17) is 21.1 Å². The maximum absolute atomic E-state index is 12.6. The predicted octanol–water partition coefficient (Wildman–Crippen LogP) is 6.16. The molecule has 5 heteroatoms. The Morgan fingerprint density at radius 3 is 2.39 bits per heavy atom. The van der Waals surface area contributed by atoms with E-state index in [1.54, 1.807) is 25.1 Å². The van der Waals surface area contributed by atoms with Crippen LogP contribution in [-0.2, 0) is 4.79 Å². The molecule has 0 bridgehead atoms. The highest BCUT2D eigenvalue weighted by Gasteiger charge is 2.18. The summed E-state index contributed by atoms with van der Waals surface area (Å²) in [6, 6.07) is 20.2. The number of hydrogen-bond acceptors (Lipinski definition) is 3. The number of hydrogen-bond donors (Lipinski definition) is 1. The molecule has 1 atom stereocenters. The number of ether oxygens (including phenoxy) is 2. The molecule has 0 aromatic heterocycles. The van der Waals surface area contributed by atoms with Crippen LogP contribution in [0, 0.1) is 13.8 Å². The lowest BCUT2D eigenvalue weighted by molar-refractivity contribution is -0.122. The highest BCUT2D eigenvalue weighted by atomic mass is 35.5. The minimum absolute atomic E-state index is 0.293. The van der Waals surface area contributed by atoms with E-state index < -0.39 is 6.10 Å². The van der Waals surface area contributed by atoms with Crippen LogP contribution in [0.15, 0.2) is 66.7 Å². The van der Waals surface area contributed by atoms with Gasteiger partial charge in [0, 0.05) is 5.02 Å². The molecule has 0 aliphatic rings. The molecular formula is C23H22ClNO3. The smallest absolute Gasteiger partial charge is 0.265 e. The highest BCUT2D eigenvalue weighted by Crippen LogP contribution is 2.32. The molecule has 1 N–H and O–H groups in total. The Morgan fingerprint density at radius 1 is 0.929 bits per heavy atom. The number of amides is 1. The van der Waals surface area contributed by atoms with Crippen molar-refractivity contribution in [1.29, 1.82) is 0 Å². The summed E-state index contributed by atoms with van der Waals surface area (Å²) >= 11 is 6.11. The first-order valence-electron chi connectivity index (χ1n) is 8.99. The van der Waals surface area contributed by atoms with Crippen molar-refractivity contribution in [3.8, 4) is 17.2 Å². The number of nitrogens with one attached hydrogen (secondary N) is 1. The van der Waals surface area contributed by atoms with E-state index in [0.717, 1.165) is 5.56 Å². The van der Waals surface area contributed by atoms with Gasteiger partial charge in [0.2, 0.25) is 0 Å². The van der Waals surface area contributed by atoms with Crippen LogP contribution in [0.3, 0.4) is 0 Å². The summed E-state index contributed by atoms with van der Waals surface area (Å²) in [6.45, 7) is 5.74. The van der Waals surface area contributed by atoms with Crippen LogP contribution in [0.25, 0.3) is 0 Å². The second-order valence-electron chi connectivity index (χ2n) is 6.55. The van der Waals surface area contributed by atoms with E-state index in [1.165, 1.54) is 5.56 Å². The van der Waals surface area contributed by atoms with Gasteiger partial charge in [-0.25, -0.2) is 0 Å². The van der Waals surface area contributed by atoms with Crippen LogP contribution in [0.2, 0.25) is 5.02 Å². The molecule has 0 fully saturated rings. The Hall–Kier alpha value is -2.98. The molecule has 0 saturated carbocycles. The second kappa shape index (κ2) is 8.81. The average molecular weight is 396 g/mol. The number of para-hydroxylation sites is 1. The summed E-state index contributed by atoms with van der Waals surface area (Å²) < 4.78 is 11.7. The van der Waals surface area contributed by atoms with Gasteiger partial charge < -0.3 is 14.8 Å². The number of benzene rings is 3. The van der Waals surface area contributed by atoms with Gasteiger partial charge in [-0.15, -0.1) is 0 Å². The van der Waals surface area contributed by atoms with Gasteiger partial charge in [0.25, 0.3) is 5.91 Å². The standard InChI is InChI=1S/C23H22ClNO3/c1-15-9-11-20(13-16(15)2)27-17(3)23(26)25-21-14-18(24)10-12-22(21)28-19-7-5-4-6-8-19/h4-14,17H,1-3H3,(H,25,26)/t17-/m1/s1. The van der Waals surface area contributed by atoms with Crippen molar-refractivity contribution in [2.24, 2.45) is 0 Å². The Labute approximate surface area is 170 Å². The highest BCUT2D eigenvalue weighted by molar-refractivity contribution is 6.31. The van der Waals surface area contributed by atoms with Crippen LogP contribution in [0.1, 0.15) is 18.1 Å². The Bertz CT molecular complexity index is 973. The van der Waals surface area contributed by atoms with Crippen molar-refractivity contribution < 1.29 is 14.3 Å².